The van der Waals surface area contributed by atoms with Crippen LogP contribution in [0.4, 0.5) is 14.9 Å². The van der Waals surface area contributed by atoms with Crippen molar-refractivity contribution >= 4 is 40.6 Å². The van der Waals surface area contributed by atoms with Gasteiger partial charge in [0.1, 0.15) is 5.82 Å². The maximum Gasteiger partial charge on any atom is 0.321 e. The Kier molecular flexibility index (Phi) is 5.78. The van der Waals surface area contributed by atoms with Crippen LogP contribution in [0.3, 0.4) is 0 Å². The molecule has 1 aromatic carbocycles. The average molecular weight is 396 g/mol. The Bertz CT molecular complexity index is 819. The number of rotatable bonds is 3. The summed E-state index contributed by atoms with van der Waals surface area (Å²) in [6.45, 7) is 2.94. The van der Waals surface area contributed by atoms with Crippen molar-refractivity contribution in [3.63, 3.8) is 0 Å². The molecule has 0 radical (unpaired) electrons. The molecule has 0 bridgehead atoms. The molecule has 138 valence electrons. The van der Waals surface area contributed by atoms with E-state index in [2.05, 4.69) is 10.6 Å². The molecule has 0 atom stereocenters. The fourth-order valence-electron chi connectivity index (χ4n) is 2.83. The number of carbonyl (C=O) groups is 2. The predicted octanol–water partition coefficient (Wildman–Crippen LogP) is 4.28. The molecule has 8 heteroatoms. The third kappa shape index (κ3) is 4.53. The highest BCUT2D eigenvalue weighted by Gasteiger charge is 2.25. The topological polar surface area (TPSA) is 61.4 Å². The Balaban J connectivity index is 1.50. The SMILES string of the molecule is Cc1ccc(C(=O)NC2CCN(C(=O)Nc3cc(Cl)ccc3F)CC2)s1. The van der Waals surface area contributed by atoms with Gasteiger partial charge < -0.3 is 15.5 Å². The lowest BCUT2D eigenvalue weighted by molar-refractivity contribution is 0.0923. The molecule has 1 fully saturated rings. The zero-order chi connectivity index (χ0) is 18.7. The Morgan fingerprint density at radius 3 is 2.62 bits per heavy atom. The fraction of sp³-hybridized carbons (Fsp3) is 0.333. The van der Waals surface area contributed by atoms with Crippen molar-refractivity contribution in [2.75, 3.05) is 18.4 Å². The van der Waals surface area contributed by atoms with Crippen LogP contribution in [0.1, 0.15) is 27.4 Å². The summed E-state index contributed by atoms with van der Waals surface area (Å²) in [5.74, 6) is -0.608. The van der Waals surface area contributed by atoms with Crippen molar-refractivity contribution in [3.05, 3.63) is 50.9 Å². The number of likely N-dealkylation sites (tertiary alicyclic amines) is 1. The second-order valence-corrected chi connectivity index (χ2v) is 7.92. The summed E-state index contributed by atoms with van der Waals surface area (Å²) in [6, 6.07) is 7.41. The highest BCUT2D eigenvalue weighted by molar-refractivity contribution is 7.13. The van der Waals surface area contributed by atoms with Crippen LogP contribution in [-0.2, 0) is 0 Å². The quantitative estimate of drug-likeness (QED) is 0.815. The highest BCUT2D eigenvalue weighted by atomic mass is 35.5. The number of aryl methyl sites for hydroxylation is 1. The van der Waals surface area contributed by atoms with E-state index in [0.717, 1.165) is 4.88 Å². The number of carbonyl (C=O) groups excluding carboxylic acids is 2. The van der Waals surface area contributed by atoms with E-state index in [1.807, 2.05) is 19.1 Å². The summed E-state index contributed by atoms with van der Waals surface area (Å²) in [6.07, 6.45) is 1.31. The molecule has 3 amide bonds. The fourth-order valence-corrected chi connectivity index (χ4v) is 3.77. The van der Waals surface area contributed by atoms with Crippen LogP contribution in [0.25, 0.3) is 0 Å². The molecule has 2 heterocycles. The normalized spacial score (nSPS) is 15.0. The van der Waals surface area contributed by atoms with E-state index in [0.29, 0.717) is 35.8 Å². The first-order valence-corrected chi connectivity index (χ1v) is 9.50. The lowest BCUT2D eigenvalue weighted by Gasteiger charge is -2.32. The van der Waals surface area contributed by atoms with E-state index in [1.54, 1.807) is 4.90 Å². The van der Waals surface area contributed by atoms with Gasteiger partial charge in [0.2, 0.25) is 0 Å². The number of nitrogens with one attached hydrogen (secondary N) is 2. The van der Waals surface area contributed by atoms with Crippen LogP contribution in [0.15, 0.2) is 30.3 Å². The van der Waals surface area contributed by atoms with Crippen LogP contribution in [0.5, 0.6) is 0 Å². The third-order valence-electron chi connectivity index (χ3n) is 4.25. The van der Waals surface area contributed by atoms with Gasteiger partial charge in [0.05, 0.1) is 10.6 Å². The number of thiophene rings is 1. The van der Waals surface area contributed by atoms with Gasteiger partial charge >= 0.3 is 6.03 Å². The Morgan fingerprint density at radius 2 is 1.96 bits per heavy atom. The molecule has 3 rings (SSSR count). The van der Waals surface area contributed by atoms with Gasteiger partial charge in [0.25, 0.3) is 5.91 Å². The van der Waals surface area contributed by atoms with E-state index < -0.39 is 5.82 Å². The lowest BCUT2D eigenvalue weighted by Crippen LogP contribution is -2.47. The van der Waals surface area contributed by atoms with Crippen LogP contribution < -0.4 is 10.6 Å². The van der Waals surface area contributed by atoms with Crippen molar-refractivity contribution in [1.29, 1.82) is 0 Å². The molecule has 0 spiro atoms. The largest absolute Gasteiger partial charge is 0.348 e. The van der Waals surface area contributed by atoms with Crippen molar-refractivity contribution in [2.45, 2.75) is 25.8 Å². The molecule has 1 saturated heterocycles. The second-order valence-electron chi connectivity index (χ2n) is 6.20. The number of hydrogen-bond donors (Lipinski definition) is 2. The van der Waals surface area contributed by atoms with Gasteiger partial charge in [-0.2, -0.15) is 0 Å². The van der Waals surface area contributed by atoms with Gasteiger partial charge in [-0.15, -0.1) is 11.3 Å². The van der Waals surface area contributed by atoms with E-state index in [4.69, 9.17) is 11.6 Å². The minimum Gasteiger partial charge on any atom is -0.348 e. The molecule has 1 aromatic heterocycles. The summed E-state index contributed by atoms with van der Waals surface area (Å²) in [4.78, 5) is 27.9. The smallest absolute Gasteiger partial charge is 0.321 e. The number of piperidine rings is 1. The first kappa shape index (κ1) is 18.7. The highest BCUT2D eigenvalue weighted by Crippen LogP contribution is 2.21. The number of hydrogen-bond acceptors (Lipinski definition) is 3. The number of urea groups is 1. The molecule has 1 aliphatic rings. The van der Waals surface area contributed by atoms with E-state index in [1.165, 1.54) is 29.5 Å². The zero-order valence-corrected chi connectivity index (χ0v) is 15.8. The number of halogens is 2. The maximum absolute atomic E-state index is 13.7. The summed E-state index contributed by atoms with van der Waals surface area (Å²) in [7, 11) is 0. The van der Waals surface area contributed by atoms with E-state index >= 15 is 0 Å². The van der Waals surface area contributed by atoms with Gasteiger partial charge in [-0.05, 0) is 50.1 Å². The van der Waals surface area contributed by atoms with Crippen molar-refractivity contribution < 1.29 is 14.0 Å². The molecule has 2 N–H and O–H groups in total. The lowest BCUT2D eigenvalue weighted by atomic mass is 10.1. The maximum atomic E-state index is 13.7. The number of amides is 3. The van der Waals surface area contributed by atoms with Crippen molar-refractivity contribution in [3.8, 4) is 0 Å². The van der Waals surface area contributed by atoms with E-state index in [-0.39, 0.29) is 23.7 Å². The van der Waals surface area contributed by atoms with Crippen molar-refractivity contribution in [1.82, 2.24) is 10.2 Å². The van der Waals surface area contributed by atoms with Gasteiger partial charge in [0, 0.05) is 29.0 Å². The minimum atomic E-state index is -0.531. The number of anilines is 1. The number of nitrogens with zero attached hydrogens (tertiary/aromatic N) is 1. The first-order valence-electron chi connectivity index (χ1n) is 8.30. The molecule has 5 nitrogen and oxygen atoms in total. The molecule has 26 heavy (non-hydrogen) atoms. The molecule has 0 saturated carbocycles. The molecule has 2 aromatic rings. The monoisotopic (exact) mass is 395 g/mol. The average Bonchev–Trinajstić information content (AvgIpc) is 3.05. The molecule has 1 aliphatic heterocycles. The third-order valence-corrected chi connectivity index (χ3v) is 5.49. The van der Waals surface area contributed by atoms with Gasteiger partial charge in [-0.3, -0.25) is 4.79 Å². The van der Waals surface area contributed by atoms with Crippen LogP contribution >= 0.6 is 22.9 Å². The zero-order valence-electron chi connectivity index (χ0n) is 14.2. The van der Waals surface area contributed by atoms with Crippen molar-refractivity contribution in [2.24, 2.45) is 0 Å². The molecular formula is C18H19ClFN3O2S. The van der Waals surface area contributed by atoms with Crippen LogP contribution in [0.2, 0.25) is 5.02 Å². The number of benzene rings is 1. The molecule has 0 aliphatic carbocycles. The van der Waals surface area contributed by atoms with Gasteiger partial charge in [0.15, 0.2) is 0 Å². The predicted molar refractivity (Wildman–Crippen MR) is 102 cm³/mol. The standard InChI is InChI=1S/C18H19ClFN3O2S/c1-11-2-5-16(26-11)17(24)21-13-6-8-23(9-7-13)18(25)22-15-10-12(19)3-4-14(15)20/h2-5,10,13H,6-9H2,1H3,(H,21,24)(H,22,25). The second kappa shape index (κ2) is 8.05. The Morgan fingerprint density at radius 1 is 1.23 bits per heavy atom. The van der Waals surface area contributed by atoms with Gasteiger partial charge in [-0.1, -0.05) is 11.6 Å². The minimum absolute atomic E-state index is 0.0249. The summed E-state index contributed by atoms with van der Waals surface area (Å²) >= 11 is 7.30. The Hall–Kier alpha value is -2.12. The molecular weight excluding hydrogens is 377 g/mol. The van der Waals surface area contributed by atoms with E-state index in [9.17, 15) is 14.0 Å². The summed E-state index contributed by atoms with van der Waals surface area (Å²) < 4.78 is 13.7. The summed E-state index contributed by atoms with van der Waals surface area (Å²) in [5, 5.41) is 5.91. The van der Waals surface area contributed by atoms with Crippen LogP contribution in [0, 0.1) is 12.7 Å². The van der Waals surface area contributed by atoms with Gasteiger partial charge in [-0.25, -0.2) is 9.18 Å². The first-order chi connectivity index (χ1) is 12.4. The Labute approximate surface area is 160 Å². The molecule has 0 unspecified atom stereocenters. The van der Waals surface area contributed by atoms with Crippen LogP contribution in [-0.4, -0.2) is 36.0 Å². The summed E-state index contributed by atoms with van der Waals surface area (Å²) in [5.41, 5.74) is 0.0611.